The van der Waals surface area contributed by atoms with Gasteiger partial charge in [0.1, 0.15) is 6.10 Å². The molecule has 0 atom stereocenters. The van der Waals surface area contributed by atoms with Gasteiger partial charge in [-0.2, -0.15) is 8.78 Å². The number of rotatable bonds is 4. The van der Waals surface area contributed by atoms with E-state index in [2.05, 4.69) is 10.1 Å². The predicted octanol–water partition coefficient (Wildman–Crippen LogP) is 2.73. The van der Waals surface area contributed by atoms with Gasteiger partial charge in [-0.1, -0.05) is 12.1 Å². The van der Waals surface area contributed by atoms with Crippen molar-refractivity contribution in [3.63, 3.8) is 0 Å². The van der Waals surface area contributed by atoms with Crippen molar-refractivity contribution in [2.24, 2.45) is 0 Å². The number of halogens is 2. The number of ether oxygens (including phenoxy) is 2. The average molecular weight is 257 g/mol. The summed E-state index contributed by atoms with van der Waals surface area (Å²) >= 11 is 0. The molecule has 1 aromatic carbocycles. The lowest BCUT2D eigenvalue weighted by molar-refractivity contribution is -0.0527. The first-order chi connectivity index (χ1) is 8.66. The van der Waals surface area contributed by atoms with Gasteiger partial charge in [-0.3, -0.25) is 0 Å². The maximum absolute atomic E-state index is 12.4. The van der Waals surface area contributed by atoms with Gasteiger partial charge in [0.15, 0.2) is 11.5 Å². The Labute approximate surface area is 105 Å². The molecule has 2 rings (SSSR count). The van der Waals surface area contributed by atoms with Crippen molar-refractivity contribution in [1.82, 2.24) is 5.32 Å². The molecule has 1 heterocycles. The fourth-order valence-electron chi connectivity index (χ4n) is 2.05. The molecule has 1 saturated heterocycles. The average Bonchev–Trinajstić information content (AvgIpc) is 2.34. The number of aryl methyl sites for hydroxylation is 1. The second-order valence-electron chi connectivity index (χ2n) is 4.35. The van der Waals surface area contributed by atoms with Gasteiger partial charge in [-0.25, -0.2) is 0 Å². The Balaban J connectivity index is 2.12. The lowest BCUT2D eigenvalue weighted by atomic mass is 10.1. The molecule has 0 saturated carbocycles. The Bertz CT molecular complexity index is 393. The SMILES string of the molecule is Cc1cccc(OC2CCNCC2)c1OC(F)F. The van der Waals surface area contributed by atoms with Crippen LogP contribution < -0.4 is 14.8 Å². The summed E-state index contributed by atoms with van der Waals surface area (Å²) in [4.78, 5) is 0. The molecule has 0 aromatic heterocycles. The zero-order chi connectivity index (χ0) is 13.0. The first kappa shape index (κ1) is 13.1. The fraction of sp³-hybridized carbons (Fsp3) is 0.538. The van der Waals surface area contributed by atoms with Crippen molar-refractivity contribution in [2.45, 2.75) is 32.5 Å². The van der Waals surface area contributed by atoms with E-state index >= 15 is 0 Å². The fourth-order valence-corrected chi connectivity index (χ4v) is 2.05. The zero-order valence-corrected chi connectivity index (χ0v) is 10.3. The number of hydrogen-bond acceptors (Lipinski definition) is 3. The van der Waals surface area contributed by atoms with Gasteiger partial charge in [0, 0.05) is 0 Å². The number of para-hydroxylation sites is 1. The molecule has 1 aliphatic heterocycles. The summed E-state index contributed by atoms with van der Waals surface area (Å²) in [6.07, 6.45) is 1.82. The second kappa shape index (κ2) is 6.00. The normalized spacial score (nSPS) is 16.9. The van der Waals surface area contributed by atoms with E-state index in [1.807, 2.05) is 0 Å². The minimum Gasteiger partial charge on any atom is -0.486 e. The summed E-state index contributed by atoms with van der Waals surface area (Å²) in [5.74, 6) is 0.549. The maximum atomic E-state index is 12.4. The lowest BCUT2D eigenvalue weighted by Crippen LogP contribution is -2.34. The van der Waals surface area contributed by atoms with E-state index in [1.165, 1.54) is 0 Å². The van der Waals surface area contributed by atoms with Gasteiger partial charge in [-0.15, -0.1) is 0 Å². The molecule has 1 aliphatic rings. The van der Waals surface area contributed by atoms with Crippen LogP contribution in [-0.4, -0.2) is 25.8 Å². The quantitative estimate of drug-likeness (QED) is 0.899. The molecule has 100 valence electrons. The number of benzene rings is 1. The van der Waals surface area contributed by atoms with E-state index < -0.39 is 6.61 Å². The highest BCUT2D eigenvalue weighted by molar-refractivity contribution is 5.46. The summed E-state index contributed by atoms with van der Waals surface area (Å²) in [5.41, 5.74) is 0.654. The van der Waals surface area contributed by atoms with Gasteiger partial charge in [-0.05, 0) is 44.5 Å². The van der Waals surface area contributed by atoms with Gasteiger partial charge >= 0.3 is 6.61 Å². The maximum Gasteiger partial charge on any atom is 0.387 e. The minimum absolute atomic E-state index is 0.0630. The number of nitrogens with one attached hydrogen (secondary N) is 1. The highest BCUT2D eigenvalue weighted by Gasteiger charge is 2.19. The Hall–Kier alpha value is -1.36. The molecule has 0 bridgehead atoms. The van der Waals surface area contributed by atoms with Crippen molar-refractivity contribution in [3.05, 3.63) is 23.8 Å². The molecule has 1 N–H and O–H groups in total. The van der Waals surface area contributed by atoms with Gasteiger partial charge < -0.3 is 14.8 Å². The molecular formula is C13H17F2NO2. The van der Waals surface area contributed by atoms with Crippen LogP contribution in [-0.2, 0) is 0 Å². The van der Waals surface area contributed by atoms with E-state index in [-0.39, 0.29) is 11.9 Å². The third-order valence-corrected chi connectivity index (χ3v) is 2.96. The van der Waals surface area contributed by atoms with E-state index in [0.717, 1.165) is 25.9 Å². The Morgan fingerprint density at radius 1 is 1.28 bits per heavy atom. The van der Waals surface area contributed by atoms with Crippen molar-refractivity contribution < 1.29 is 18.3 Å². The number of piperidine rings is 1. The molecule has 0 amide bonds. The highest BCUT2D eigenvalue weighted by Crippen LogP contribution is 2.33. The Kier molecular flexibility index (Phi) is 4.36. The van der Waals surface area contributed by atoms with Crippen LogP contribution in [0.3, 0.4) is 0 Å². The van der Waals surface area contributed by atoms with Crippen molar-refractivity contribution in [3.8, 4) is 11.5 Å². The van der Waals surface area contributed by atoms with Crippen molar-refractivity contribution >= 4 is 0 Å². The van der Waals surface area contributed by atoms with E-state index in [4.69, 9.17) is 4.74 Å². The summed E-state index contributed by atoms with van der Waals surface area (Å²) in [6, 6.07) is 5.18. The smallest absolute Gasteiger partial charge is 0.387 e. The van der Waals surface area contributed by atoms with Crippen LogP contribution in [0.5, 0.6) is 11.5 Å². The molecule has 18 heavy (non-hydrogen) atoms. The first-order valence-electron chi connectivity index (χ1n) is 6.08. The van der Waals surface area contributed by atoms with Crippen LogP contribution in [0.2, 0.25) is 0 Å². The predicted molar refractivity (Wildman–Crippen MR) is 64.3 cm³/mol. The molecule has 0 spiro atoms. The largest absolute Gasteiger partial charge is 0.486 e. The van der Waals surface area contributed by atoms with Crippen LogP contribution in [0.25, 0.3) is 0 Å². The molecule has 3 nitrogen and oxygen atoms in total. The van der Waals surface area contributed by atoms with Crippen molar-refractivity contribution in [2.75, 3.05) is 13.1 Å². The van der Waals surface area contributed by atoms with E-state index in [9.17, 15) is 8.78 Å². The monoisotopic (exact) mass is 257 g/mol. The summed E-state index contributed by atoms with van der Waals surface area (Å²) < 4.78 is 35.1. The van der Waals surface area contributed by atoms with Crippen LogP contribution in [0.4, 0.5) is 8.78 Å². The van der Waals surface area contributed by atoms with Crippen LogP contribution in [0, 0.1) is 6.92 Å². The van der Waals surface area contributed by atoms with E-state index in [1.54, 1.807) is 25.1 Å². The Morgan fingerprint density at radius 2 is 2.00 bits per heavy atom. The van der Waals surface area contributed by atoms with Crippen molar-refractivity contribution in [1.29, 1.82) is 0 Å². The molecule has 0 aliphatic carbocycles. The van der Waals surface area contributed by atoms with Gasteiger partial charge in [0.25, 0.3) is 0 Å². The third kappa shape index (κ3) is 3.32. The third-order valence-electron chi connectivity index (χ3n) is 2.96. The number of alkyl halides is 2. The molecule has 0 unspecified atom stereocenters. The number of hydrogen-bond donors (Lipinski definition) is 1. The zero-order valence-electron chi connectivity index (χ0n) is 10.3. The summed E-state index contributed by atoms with van der Waals surface area (Å²) in [5, 5.41) is 3.23. The van der Waals surface area contributed by atoms with Gasteiger partial charge in [0.2, 0.25) is 0 Å². The molecule has 1 fully saturated rings. The first-order valence-corrected chi connectivity index (χ1v) is 6.08. The molecule has 1 aromatic rings. The molecule has 5 heteroatoms. The van der Waals surface area contributed by atoms with Crippen LogP contribution in [0.15, 0.2) is 18.2 Å². The molecular weight excluding hydrogens is 240 g/mol. The molecule has 0 radical (unpaired) electrons. The van der Waals surface area contributed by atoms with Crippen LogP contribution >= 0.6 is 0 Å². The highest BCUT2D eigenvalue weighted by atomic mass is 19.3. The summed E-state index contributed by atoms with van der Waals surface area (Å²) in [7, 11) is 0. The van der Waals surface area contributed by atoms with E-state index in [0.29, 0.717) is 11.3 Å². The topological polar surface area (TPSA) is 30.5 Å². The van der Waals surface area contributed by atoms with Gasteiger partial charge in [0.05, 0.1) is 0 Å². The lowest BCUT2D eigenvalue weighted by Gasteiger charge is -2.25. The minimum atomic E-state index is -2.83. The Morgan fingerprint density at radius 3 is 2.67 bits per heavy atom. The standard InChI is InChI=1S/C13H17F2NO2/c1-9-3-2-4-11(12(9)18-13(14)15)17-10-5-7-16-8-6-10/h2-4,10,13,16H,5-8H2,1H3. The van der Waals surface area contributed by atoms with Crippen LogP contribution in [0.1, 0.15) is 18.4 Å². The summed E-state index contributed by atoms with van der Waals surface area (Å²) in [6.45, 7) is 0.678. The second-order valence-corrected chi connectivity index (χ2v) is 4.35.